The lowest BCUT2D eigenvalue weighted by molar-refractivity contribution is 0.168. The van der Waals surface area contributed by atoms with Crippen LogP contribution in [0.3, 0.4) is 0 Å². The predicted molar refractivity (Wildman–Crippen MR) is 70.3 cm³/mol. The molecule has 0 amide bonds. The summed E-state index contributed by atoms with van der Waals surface area (Å²) >= 11 is 0. The number of benzene rings is 1. The van der Waals surface area contributed by atoms with Crippen molar-refractivity contribution in [2.75, 3.05) is 20.3 Å². The van der Waals surface area contributed by atoms with Crippen LogP contribution in [0.15, 0.2) is 12.1 Å². The molecule has 0 heterocycles. The molecule has 5 heteroatoms. The molecule has 19 heavy (non-hydrogen) atoms. The topological polar surface area (TPSA) is 44.5 Å². The van der Waals surface area contributed by atoms with Gasteiger partial charge in [-0.05, 0) is 30.5 Å². The second-order valence-electron chi connectivity index (χ2n) is 4.46. The van der Waals surface area contributed by atoms with Crippen LogP contribution in [0.5, 0.6) is 5.75 Å². The minimum Gasteiger partial charge on any atom is -0.488 e. The van der Waals surface area contributed by atoms with E-state index in [0.717, 1.165) is 6.42 Å². The van der Waals surface area contributed by atoms with Crippen molar-refractivity contribution in [3.63, 3.8) is 0 Å². The standard InChI is InChI=1S/C14H21F2NO2/c1-3-11(17)7-10-8-12(15)14(13(16)9-10)19-6-4-5-18-2/h8-9,11H,3-7,17H2,1-2H3. The van der Waals surface area contributed by atoms with Gasteiger partial charge < -0.3 is 15.2 Å². The Morgan fingerprint density at radius 1 is 1.21 bits per heavy atom. The molecule has 2 N–H and O–H groups in total. The van der Waals surface area contributed by atoms with E-state index < -0.39 is 11.6 Å². The van der Waals surface area contributed by atoms with E-state index in [0.29, 0.717) is 25.0 Å². The van der Waals surface area contributed by atoms with E-state index >= 15 is 0 Å². The summed E-state index contributed by atoms with van der Waals surface area (Å²) in [6.45, 7) is 2.65. The number of hydrogen-bond donors (Lipinski definition) is 1. The van der Waals surface area contributed by atoms with Gasteiger partial charge in [0.15, 0.2) is 17.4 Å². The van der Waals surface area contributed by atoms with E-state index in [4.69, 9.17) is 15.2 Å². The van der Waals surface area contributed by atoms with Crippen LogP contribution in [0.1, 0.15) is 25.3 Å². The van der Waals surface area contributed by atoms with Gasteiger partial charge in [0.1, 0.15) is 0 Å². The van der Waals surface area contributed by atoms with Gasteiger partial charge in [0.2, 0.25) is 0 Å². The quantitative estimate of drug-likeness (QED) is 0.741. The van der Waals surface area contributed by atoms with Crippen LogP contribution in [0.25, 0.3) is 0 Å². The van der Waals surface area contributed by atoms with Gasteiger partial charge in [-0.1, -0.05) is 6.92 Å². The Hall–Kier alpha value is -1.20. The van der Waals surface area contributed by atoms with Crippen molar-refractivity contribution in [2.24, 2.45) is 5.73 Å². The van der Waals surface area contributed by atoms with Gasteiger partial charge in [0.05, 0.1) is 6.61 Å². The second-order valence-corrected chi connectivity index (χ2v) is 4.46. The number of rotatable bonds is 8. The van der Waals surface area contributed by atoms with Crippen LogP contribution in [-0.2, 0) is 11.2 Å². The largest absolute Gasteiger partial charge is 0.488 e. The average Bonchev–Trinajstić information content (AvgIpc) is 2.37. The molecule has 0 radical (unpaired) electrons. The van der Waals surface area contributed by atoms with Gasteiger partial charge in [0, 0.05) is 26.2 Å². The first-order valence-corrected chi connectivity index (χ1v) is 6.43. The number of ether oxygens (including phenoxy) is 2. The fraction of sp³-hybridized carbons (Fsp3) is 0.571. The zero-order chi connectivity index (χ0) is 14.3. The van der Waals surface area contributed by atoms with Crippen molar-refractivity contribution in [3.8, 4) is 5.75 Å². The van der Waals surface area contributed by atoms with Crippen LogP contribution >= 0.6 is 0 Å². The molecule has 0 fully saturated rings. The van der Waals surface area contributed by atoms with Gasteiger partial charge in [-0.25, -0.2) is 8.78 Å². The molecule has 1 aromatic rings. The minimum atomic E-state index is -0.685. The number of methoxy groups -OCH3 is 1. The van der Waals surface area contributed by atoms with Gasteiger partial charge in [-0.15, -0.1) is 0 Å². The highest BCUT2D eigenvalue weighted by Crippen LogP contribution is 2.24. The van der Waals surface area contributed by atoms with E-state index in [-0.39, 0.29) is 18.4 Å². The van der Waals surface area contributed by atoms with Crippen LogP contribution in [0.4, 0.5) is 8.78 Å². The Labute approximate surface area is 112 Å². The van der Waals surface area contributed by atoms with Gasteiger partial charge in [-0.3, -0.25) is 0 Å². The van der Waals surface area contributed by atoms with Crippen molar-refractivity contribution < 1.29 is 18.3 Å². The maximum atomic E-state index is 13.7. The van der Waals surface area contributed by atoms with Crippen molar-refractivity contribution in [3.05, 3.63) is 29.3 Å². The highest BCUT2D eigenvalue weighted by atomic mass is 19.1. The first-order valence-electron chi connectivity index (χ1n) is 6.43. The summed E-state index contributed by atoms with van der Waals surface area (Å²) in [6.07, 6.45) is 1.80. The van der Waals surface area contributed by atoms with Crippen molar-refractivity contribution in [1.82, 2.24) is 0 Å². The van der Waals surface area contributed by atoms with E-state index in [9.17, 15) is 8.78 Å². The average molecular weight is 273 g/mol. The number of nitrogens with two attached hydrogens (primary N) is 1. The third-order valence-electron chi connectivity index (χ3n) is 2.82. The maximum Gasteiger partial charge on any atom is 0.190 e. The van der Waals surface area contributed by atoms with Crippen molar-refractivity contribution in [1.29, 1.82) is 0 Å². The highest BCUT2D eigenvalue weighted by Gasteiger charge is 2.13. The van der Waals surface area contributed by atoms with Gasteiger partial charge in [0.25, 0.3) is 0 Å². The fourth-order valence-corrected chi connectivity index (χ4v) is 1.69. The monoisotopic (exact) mass is 273 g/mol. The lowest BCUT2D eigenvalue weighted by Gasteiger charge is -2.12. The lowest BCUT2D eigenvalue weighted by Crippen LogP contribution is -2.21. The first-order chi connectivity index (χ1) is 9.08. The molecule has 0 bridgehead atoms. The molecule has 1 aromatic carbocycles. The molecule has 1 atom stereocenters. The van der Waals surface area contributed by atoms with Crippen LogP contribution < -0.4 is 10.5 Å². The highest BCUT2D eigenvalue weighted by molar-refractivity contribution is 5.31. The van der Waals surface area contributed by atoms with Crippen LogP contribution in [0, 0.1) is 11.6 Å². The summed E-state index contributed by atoms with van der Waals surface area (Å²) in [5.41, 5.74) is 6.32. The molecule has 0 saturated heterocycles. The fourth-order valence-electron chi connectivity index (χ4n) is 1.69. The summed E-state index contributed by atoms with van der Waals surface area (Å²) in [5, 5.41) is 0. The van der Waals surface area contributed by atoms with E-state index in [1.165, 1.54) is 12.1 Å². The van der Waals surface area contributed by atoms with Gasteiger partial charge in [-0.2, -0.15) is 0 Å². The van der Waals surface area contributed by atoms with Crippen LogP contribution in [-0.4, -0.2) is 26.4 Å². The molecule has 0 aliphatic heterocycles. The molecule has 0 aliphatic carbocycles. The van der Waals surface area contributed by atoms with Gasteiger partial charge >= 0.3 is 0 Å². The summed E-state index contributed by atoms with van der Waals surface area (Å²) in [6, 6.07) is 2.47. The molecular weight excluding hydrogens is 252 g/mol. The second kappa shape index (κ2) is 8.07. The number of halogens is 2. The van der Waals surface area contributed by atoms with Crippen molar-refractivity contribution in [2.45, 2.75) is 32.2 Å². The Balaban J connectivity index is 2.68. The molecule has 1 rings (SSSR count). The SMILES string of the molecule is CCC(N)Cc1cc(F)c(OCCCOC)c(F)c1. The van der Waals surface area contributed by atoms with E-state index in [2.05, 4.69) is 0 Å². The predicted octanol–water partition coefficient (Wildman–Crippen LogP) is 2.66. The zero-order valence-electron chi connectivity index (χ0n) is 11.4. The Kier molecular flexibility index (Phi) is 6.73. The smallest absolute Gasteiger partial charge is 0.190 e. The van der Waals surface area contributed by atoms with Crippen molar-refractivity contribution >= 4 is 0 Å². The van der Waals surface area contributed by atoms with E-state index in [1.54, 1.807) is 7.11 Å². The number of hydrogen-bond acceptors (Lipinski definition) is 3. The Bertz CT molecular complexity index is 376. The van der Waals surface area contributed by atoms with Crippen LogP contribution in [0.2, 0.25) is 0 Å². The third-order valence-corrected chi connectivity index (χ3v) is 2.82. The summed E-state index contributed by atoms with van der Waals surface area (Å²) in [4.78, 5) is 0. The molecule has 1 unspecified atom stereocenters. The molecule has 0 aliphatic rings. The summed E-state index contributed by atoms with van der Waals surface area (Å²) in [5.74, 6) is -1.70. The Morgan fingerprint density at radius 2 is 1.84 bits per heavy atom. The molecule has 0 spiro atoms. The summed E-state index contributed by atoms with van der Waals surface area (Å²) < 4.78 is 37.4. The molecule has 0 saturated carbocycles. The molecule has 3 nitrogen and oxygen atoms in total. The minimum absolute atomic E-state index is 0.0905. The lowest BCUT2D eigenvalue weighted by atomic mass is 10.0. The first kappa shape index (κ1) is 15.9. The zero-order valence-corrected chi connectivity index (χ0v) is 11.4. The normalized spacial score (nSPS) is 12.5. The Morgan fingerprint density at radius 3 is 2.37 bits per heavy atom. The third kappa shape index (κ3) is 5.12. The van der Waals surface area contributed by atoms with E-state index in [1.807, 2.05) is 6.92 Å². The molecular formula is C14H21F2NO2. The maximum absolute atomic E-state index is 13.7. The molecule has 0 aromatic heterocycles. The molecule has 108 valence electrons. The summed E-state index contributed by atoms with van der Waals surface area (Å²) in [7, 11) is 1.56.